The molecule has 0 saturated heterocycles. The van der Waals surface area contributed by atoms with Crippen LogP contribution in [0.5, 0.6) is 0 Å². The SMILES string of the molecule is Clc1ncc(C=Nc2ccccc2)s1. The van der Waals surface area contributed by atoms with Gasteiger partial charge in [-0.3, -0.25) is 4.99 Å². The Hall–Kier alpha value is -1.19. The van der Waals surface area contributed by atoms with Crippen molar-refractivity contribution in [2.75, 3.05) is 0 Å². The van der Waals surface area contributed by atoms with Crippen LogP contribution in [0.25, 0.3) is 0 Å². The molecule has 2 nitrogen and oxygen atoms in total. The normalized spacial score (nSPS) is 10.9. The zero-order valence-corrected chi connectivity index (χ0v) is 8.79. The summed E-state index contributed by atoms with van der Waals surface area (Å²) in [4.78, 5) is 9.16. The monoisotopic (exact) mass is 222 g/mol. The number of hydrogen-bond acceptors (Lipinski definition) is 3. The fourth-order valence-electron chi connectivity index (χ4n) is 0.976. The Labute approximate surface area is 90.9 Å². The summed E-state index contributed by atoms with van der Waals surface area (Å²) in [5.74, 6) is 0. The molecule has 0 aliphatic rings. The van der Waals surface area contributed by atoms with Gasteiger partial charge in [-0.05, 0) is 12.1 Å². The molecular formula is C10H7ClN2S. The third-order valence-corrected chi connectivity index (χ3v) is 2.64. The molecule has 0 bridgehead atoms. The first-order valence-corrected chi connectivity index (χ1v) is 5.24. The first-order valence-electron chi connectivity index (χ1n) is 4.05. The van der Waals surface area contributed by atoms with Crippen molar-refractivity contribution in [3.05, 3.63) is 45.9 Å². The van der Waals surface area contributed by atoms with E-state index in [1.54, 1.807) is 12.4 Å². The van der Waals surface area contributed by atoms with E-state index in [1.807, 2.05) is 30.3 Å². The van der Waals surface area contributed by atoms with Crippen LogP contribution in [0.3, 0.4) is 0 Å². The van der Waals surface area contributed by atoms with Gasteiger partial charge < -0.3 is 0 Å². The quantitative estimate of drug-likeness (QED) is 0.714. The van der Waals surface area contributed by atoms with E-state index in [9.17, 15) is 0 Å². The second-order valence-corrected chi connectivity index (χ2v) is 4.25. The molecule has 1 aromatic carbocycles. The summed E-state index contributed by atoms with van der Waals surface area (Å²) >= 11 is 7.10. The summed E-state index contributed by atoms with van der Waals surface area (Å²) in [6.45, 7) is 0. The van der Waals surface area contributed by atoms with Crippen LogP contribution in [0.15, 0.2) is 41.5 Å². The van der Waals surface area contributed by atoms with Gasteiger partial charge in [-0.15, -0.1) is 11.3 Å². The molecule has 0 N–H and O–H groups in total. The van der Waals surface area contributed by atoms with E-state index in [0.717, 1.165) is 10.6 Å². The van der Waals surface area contributed by atoms with Crippen LogP contribution >= 0.6 is 22.9 Å². The van der Waals surface area contributed by atoms with E-state index in [1.165, 1.54) is 11.3 Å². The molecule has 0 radical (unpaired) electrons. The second-order valence-electron chi connectivity index (χ2n) is 2.61. The molecule has 2 rings (SSSR count). The molecule has 2 aromatic rings. The van der Waals surface area contributed by atoms with Gasteiger partial charge in [0.25, 0.3) is 0 Å². The Morgan fingerprint density at radius 3 is 2.71 bits per heavy atom. The predicted octanol–water partition coefficient (Wildman–Crippen LogP) is 3.55. The van der Waals surface area contributed by atoms with Gasteiger partial charge in [0.15, 0.2) is 4.47 Å². The zero-order chi connectivity index (χ0) is 9.80. The van der Waals surface area contributed by atoms with Gasteiger partial charge in [-0.2, -0.15) is 0 Å². The van der Waals surface area contributed by atoms with Crippen molar-refractivity contribution in [2.45, 2.75) is 0 Å². The lowest BCUT2D eigenvalue weighted by atomic mass is 10.3. The first kappa shape index (κ1) is 9.37. The van der Waals surface area contributed by atoms with Crippen molar-refractivity contribution in [3.8, 4) is 0 Å². The molecule has 0 aliphatic heterocycles. The van der Waals surface area contributed by atoms with Crippen LogP contribution in [0.2, 0.25) is 4.47 Å². The Balaban J connectivity index is 2.15. The summed E-state index contributed by atoms with van der Waals surface area (Å²) in [6.07, 6.45) is 3.47. The van der Waals surface area contributed by atoms with Crippen molar-refractivity contribution >= 4 is 34.8 Å². The molecule has 4 heteroatoms. The number of hydrogen-bond donors (Lipinski definition) is 0. The average Bonchev–Trinajstić information content (AvgIpc) is 2.63. The number of aromatic nitrogens is 1. The van der Waals surface area contributed by atoms with Crippen molar-refractivity contribution < 1.29 is 0 Å². The van der Waals surface area contributed by atoms with Crippen LogP contribution in [0.4, 0.5) is 5.69 Å². The molecule has 0 saturated carbocycles. The maximum atomic E-state index is 5.69. The maximum absolute atomic E-state index is 5.69. The fraction of sp³-hybridized carbons (Fsp3) is 0. The third-order valence-electron chi connectivity index (χ3n) is 1.59. The zero-order valence-electron chi connectivity index (χ0n) is 7.22. The minimum Gasteiger partial charge on any atom is -0.255 e. The Bertz CT molecular complexity index is 436. The summed E-state index contributed by atoms with van der Waals surface area (Å²) < 4.78 is 0.541. The molecule has 0 spiro atoms. The van der Waals surface area contributed by atoms with Crippen LogP contribution in [-0.2, 0) is 0 Å². The molecule has 0 atom stereocenters. The number of para-hydroxylation sites is 1. The highest BCUT2D eigenvalue weighted by molar-refractivity contribution is 7.17. The van der Waals surface area contributed by atoms with E-state index >= 15 is 0 Å². The minimum absolute atomic E-state index is 0.541. The highest BCUT2D eigenvalue weighted by Gasteiger charge is 1.94. The molecule has 0 unspecified atom stereocenters. The number of aliphatic imine (C=N–C) groups is 1. The second kappa shape index (κ2) is 4.35. The van der Waals surface area contributed by atoms with Gasteiger partial charge in [0.2, 0.25) is 0 Å². The topological polar surface area (TPSA) is 25.2 Å². The van der Waals surface area contributed by atoms with Gasteiger partial charge in [0.05, 0.1) is 10.6 Å². The van der Waals surface area contributed by atoms with E-state index in [2.05, 4.69) is 9.98 Å². The van der Waals surface area contributed by atoms with E-state index in [4.69, 9.17) is 11.6 Å². The Kier molecular flexibility index (Phi) is 2.91. The number of thiazole rings is 1. The van der Waals surface area contributed by atoms with E-state index in [0.29, 0.717) is 4.47 Å². The Morgan fingerprint density at radius 2 is 2.07 bits per heavy atom. The average molecular weight is 223 g/mol. The fourth-order valence-corrected chi connectivity index (χ4v) is 1.80. The predicted molar refractivity (Wildman–Crippen MR) is 60.8 cm³/mol. The van der Waals surface area contributed by atoms with Crippen molar-refractivity contribution in [3.63, 3.8) is 0 Å². The lowest BCUT2D eigenvalue weighted by Gasteiger charge is -1.88. The molecule has 0 aliphatic carbocycles. The maximum Gasteiger partial charge on any atom is 0.184 e. The summed E-state index contributed by atoms with van der Waals surface area (Å²) in [6, 6.07) is 9.75. The first-order chi connectivity index (χ1) is 6.84. The standard InChI is InChI=1S/C10H7ClN2S/c11-10-13-7-9(14-10)6-12-8-4-2-1-3-5-8/h1-7H. The summed E-state index contributed by atoms with van der Waals surface area (Å²) in [5.41, 5.74) is 0.928. The number of benzene rings is 1. The summed E-state index contributed by atoms with van der Waals surface area (Å²) in [5, 5.41) is 0. The lowest BCUT2D eigenvalue weighted by molar-refractivity contribution is 1.42. The third kappa shape index (κ3) is 2.40. The number of halogens is 1. The Morgan fingerprint density at radius 1 is 1.29 bits per heavy atom. The number of rotatable bonds is 2. The molecule has 1 aromatic heterocycles. The molecule has 70 valence electrons. The molecule has 0 fully saturated rings. The van der Waals surface area contributed by atoms with Gasteiger partial charge in [-0.1, -0.05) is 29.8 Å². The van der Waals surface area contributed by atoms with Crippen LogP contribution in [0, 0.1) is 0 Å². The lowest BCUT2D eigenvalue weighted by Crippen LogP contribution is -1.71. The van der Waals surface area contributed by atoms with E-state index < -0.39 is 0 Å². The van der Waals surface area contributed by atoms with Crippen LogP contribution in [-0.4, -0.2) is 11.2 Å². The molecule has 1 heterocycles. The van der Waals surface area contributed by atoms with Gasteiger partial charge >= 0.3 is 0 Å². The smallest absolute Gasteiger partial charge is 0.184 e. The molecule has 14 heavy (non-hydrogen) atoms. The summed E-state index contributed by atoms with van der Waals surface area (Å²) in [7, 11) is 0. The minimum atomic E-state index is 0.541. The highest BCUT2D eigenvalue weighted by Crippen LogP contribution is 2.17. The molecule has 0 amide bonds. The van der Waals surface area contributed by atoms with Crippen molar-refractivity contribution in [1.29, 1.82) is 0 Å². The van der Waals surface area contributed by atoms with Gasteiger partial charge in [0.1, 0.15) is 0 Å². The van der Waals surface area contributed by atoms with E-state index in [-0.39, 0.29) is 0 Å². The van der Waals surface area contributed by atoms with Crippen LogP contribution in [0.1, 0.15) is 4.88 Å². The van der Waals surface area contributed by atoms with Crippen molar-refractivity contribution in [2.24, 2.45) is 4.99 Å². The van der Waals surface area contributed by atoms with Gasteiger partial charge in [0, 0.05) is 12.4 Å². The number of nitrogens with zero attached hydrogens (tertiary/aromatic N) is 2. The molecular weight excluding hydrogens is 216 g/mol. The largest absolute Gasteiger partial charge is 0.255 e. The van der Waals surface area contributed by atoms with Gasteiger partial charge in [-0.25, -0.2) is 4.98 Å². The van der Waals surface area contributed by atoms with Crippen molar-refractivity contribution in [1.82, 2.24) is 4.98 Å². The highest BCUT2D eigenvalue weighted by atomic mass is 35.5. The van der Waals surface area contributed by atoms with Crippen LogP contribution < -0.4 is 0 Å².